The summed E-state index contributed by atoms with van der Waals surface area (Å²) in [6, 6.07) is 12.0. The maximum absolute atomic E-state index is 14.0. The van der Waals surface area contributed by atoms with E-state index in [2.05, 4.69) is 48.5 Å². The third-order valence-electron chi connectivity index (χ3n) is 7.78. The van der Waals surface area contributed by atoms with Crippen molar-refractivity contribution in [3.63, 3.8) is 0 Å². The number of benzene rings is 2. The number of anilines is 1. The molecule has 1 atom stereocenters. The van der Waals surface area contributed by atoms with Gasteiger partial charge in [-0.05, 0) is 78.1 Å². The summed E-state index contributed by atoms with van der Waals surface area (Å²) >= 11 is 0. The van der Waals surface area contributed by atoms with Gasteiger partial charge >= 0.3 is 6.18 Å². The van der Waals surface area contributed by atoms with E-state index >= 15 is 0 Å². The Balaban J connectivity index is 0.000000268. The van der Waals surface area contributed by atoms with Gasteiger partial charge in [-0.1, -0.05) is 69.7 Å². The van der Waals surface area contributed by atoms with Crippen LogP contribution in [0.15, 0.2) is 90.3 Å². The summed E-state index contributed by atoms with van der Waals surface area (Å²) in [7, 11) is 0. The van der Waals surface area contributed by atoms with Crippen LogP contribution in [-0.4, -0.2) is 24.9 Å². The lowest BCUT2D eigenvalue weighted by atomic mass is 9.77. The van der Waals surface area contributed by atoms with Crippen molar-refractivity contribution in [2.24, 2.45) is 17.6 Å². The Bertz CT molecular complexity index is 1470. The van der Waals surface area contributed by atoms with Gasteiger partial charge in [0, 0.05) is 31.4 Å². The first-order chi connectivity index (χ1) is 21.8. The standard InChI is InChI=1S/C23H31FN2O.C13H13F3N2O/c1-16(2)13-22(27)26-23(11-10-18-6-7-18,20-5-4-12-25-15-20)19-8-9-21(24)17(3)14-19;1-9(13(14,15)16)5-12(8-19)18-11-4-2-3-10(6-11)7-17/h4-5,8-9,14-16,18,25H,6-7,10-13H2,1-3H3,(H,26,27);2-6,8,18H,1,7,17H2/b;12-5-. The van der Waals surface area contributed by atoms with Gasteiger partial charge in [0.05, 0.1) is 16.8 Å². The van der Waals surface area contributed by atoms with Crippen LogP contribution in [0.1, 0.15) is 62.6 Å². The number of hydrogen-bond donors (Lipinski definition) is 4. The molecule has 2 aromatic rings. The molecule has 4 rings (SSSR count). The number of alkyl halides is 3. The first kappa shape index (κ1) is 36.3. The van der Waals surface area contributed by atoms with Crippen LogP contribution in [0.3, 0.4) is 0 Å². The molecule has 0 aromatic heterocycles. The van der Waals surface area contributed by atoms with E-state index in [0.29, 0.717) is 36.6 Å². The highest BCUT2D eigenvalue weighted by Gasteiger charge is 2.39. The third-order valence-corrected chi connectivity index (χ3v) is 7.78. The van der Waals surface area contributed by atoms with Gasteiger partial charge in [0.1, 0.15) is 5.82 Å². The van der Waals surface area contributed by atoms with Gasteiger partial charge in [-0.3, -0.25) is 9.59 Å². The van der Waals surface area contributed by atoms with Crippen LogP contribution in [0.2, 0.25) is 0 Å². The van der Waals surface area contributed by atoms with Gasteiger partial charge in [0.25, 0.3) is 0 Å². The molecule has 0 spiro atoms. The van der Waals surface area contributed by atoms with Crippen molar-refractivity contribution >= 4 is 17.9 Å². The summed E-state index contributed by atoms with van der Waals surface area (Å²) < 4.78 is 50.9. The Morgan fingerprint density at radius 3 is 2.48 bits per heavy atom. The van der Waals surface area contributed by atoms with Crippen LogP contribution < -0.4 is 21.7 Å². The fourth-order valence-corrected chi connectivity index (χ4v) is 5.11. The zero-order valence-electron chi connectivity index (χ0n) is 26.6. The van der Waals surface area contributed by atoms with Crippen LogP contribution in [-0.2, 0) is 21.7 Å². The van der Waals surface area contributed by atoms with Gasteiger partial charge in [-0.15, -0.1) is 0 Å². The fraction of sp³-hybridized carbons (Fsp3) is 0.389. The number of halogens is 4. The second-order valence-corrected chi connectivity index (χ2v) is 12.2. The lowest BCUT2D eigenvalue weighted by molar-refractivity contribution is -0.123. The molecule has 1 amide bonds. The average Bonchev–Trinajstić information content (AvgIpc) is 3.85. The molecule has 46 heavy (non-hydrogen) atoms. The second kappa shape index (κ2) is 16.4. The maximum Gasteiger partial charge on any atom is 0.415 e. The first-order valence-electron chi connectivity index (χ1n) is 15.4. The van der Waals surface area contributed by atoms with Crippen molar-refractivity contribution in [1.82, 2.24) is 10.6 Å². The minimum atomic E-state index is -4.56. The predicted molar refractivity (Wildman–Crippen MR) is 175 cm³/mol. The highest BCUT2D eigenvalue weighted by atomic mass is 19.4. The topological polar surface area (TPSA) is 96.2 Å². The van der Waals surface area contributed by atoms with E-state index in [1.807, 2.05) is 18.3 Å². The molecule has 6 nitrogen and oxygen atoms in total. The molecule has 2 aliphatic rings. The Kier molecular flexibility index (Phi) is 12.9. The maximum atomic E-state index is 14.0. The molecule has 1 saturated carbocycles. The van der Waals surface area contributed by atoms with E-state index in [1.165, 1.54) is 18.9 Å². The SMILES string of the molecule is C=C(/C=C(/C=O)Nc1cccc(CN)c1)C(F)(F)F.Cc1cc(C(CCC2CC2)(NC(=O)CC(C)C)C2=CNCC=C2)ccc1F. The summed E-state index contributed by atoms with van der Waals surface area (Å²) in [5.74, 6) is 0.862. The van der Waals surface area contributed by atoms with Gasteiger partial charge < -0.3 is 21.7 Å². The van der Waals surface area contributed by atoms with Crippen LogP contribution in [0, 0.1) is 24.6 Å². The lowest BCUT2D eigenvalue weighted by Crippen LogP contribution is -2.48. The summed E-state index contributed by atoms with van der Waals surface area (Å²) in [5.41, 5.74) is 7.37. The zero-order chi connectivity index (χ0) is 33.9. The number of dihydropyridines is 1. The normalized spacial score (nSPS) is 15.9. The number of hydrogen-bond acceptors (Lipinski definition) is 5. The number of aldehydes is 1. The minimum Gasteiger partial charge on any atom is -0.387 e. The van der Waals surface area contributed by atoms with Gasteiger partial charge in [0.15, 0.2) is 6.29 Å². The van der Waals surface area contributed by atoms with Gasteiger partial charge in [-0.2, -0.15) is 13.2 Å². The van der Waals surface area contributed by atoms with E-state index in [1.54, 1.807) is 31.2 Å². The lowest BCUT2D eigenvalue weighted by Gasteiger charge is -2.38. The molecule has 1 aliphatic carbocycles. The molecule has 0 bridgehead atoms. The van der Waals surface area contributed by atoms with Gasteiger partial charge in [-0.25, -0.2) is 4.39 Å². The van der Waals surface area contributed by atoms with E-state index < -0.39 is 17.3 Å². The van der Waals surface area contributed by atoms with E-state index in [9.17, 15) is 27.2 Å². The Labute approximate surface area is 268 Å². The molecule has 5 N–H and O–H groups in total. The Morgan fingerprint density at radius 2 is 1.91 bits per heavy atom. The Hall–Kier alpha value is -4.18. The van der Waals surface area contributed by atoms with Gasteiger partial charge in [0.2, 0.25) is 5.91 Å². The smallest absolute Gasteiger partial charge is 0.387 e. The van der Waals surface area contributed by atoms with Crippen molar-refractivity contribution < 1.29 is 27.2 Å². The van der Waals surface area contributed by atoms with Crippen molar-refractivity contribution in [2.45, 2.75) is 71.1 Å². The van der Waals surface area contributed by atoms with Crippen molar-refractivity contribution in [1.29, 1.82) is 0 Å². The first-order valence-corrected chi connectivity index (χ1v) is 15.4. The number of amides is 1. The molecule has 10 heteroatoms. The Morgan fingerprint density at radius 1 is 1.17 bits per heavy atom. The van der Waals surface area contributed by atoms with Crippen LogP contribution in [0.4, 0.5) is 23.2 Å². The van der Waals surface area contributed by atoms with Crippen LogP contribution in [0.25, 0.3) is 0 Å². The third kappa shape index (κ3) is 10.7. The van der Waals surface area contributed by atoms with Crippen molar-refractivity contribution in [2.75, 3.05) is 11.9 Å². The van der Waals surface area contributed by atoms with Crippen LogP contribution >= 0.6 is 0 Å². The highest BCUT2D eigenvalue weighted by molar-refractivity contribution is 5.80. The molecule has 1 aliphatic heterocycles. The van der Waals surface area contributed by atoms with E-state index in [0.717, 1.165) is 42.0 Å². The summed E-state index contributed by atoms with van der Waals surface area (Å²) in [6.45, 7) is 9.83. The van der Waals surface area contributed by atoms with Crippen molar-refractivity contribution in [3.05, 3.63) is 113 Å². The summed E-state index contributed by atoms with van der Waals surface area (Å²) in [6.07, 6.45) is 7.47. The van der Waals surface area contributed by atoms with Crippen molar-refractivity contribution in [3.8, 4) is 0 Å². The van der Waals surface area contributed by atoms with Crippen LogP contribution in [0.5, 0.6) is 0 Å². The molecule has 2 aromatic carbocycles. The second-order valence-electron chi connectivity index (χ2n) is 12.2. The van der Waals surface area contributed by atoms with E-state index in [-0.39, 0.29) is 23.3 Å². The number of aryl methyl sites for hydroxylation is 1. The molecule has 1 fully saturated rings. The molecule has 1 heterocycles. The fourth-order valence-electron chi connectivity index (χ4n) is 5.11. The number of nitrogens with one attached hydrogen (secondary N) is 3. The highest BCUT2D eigenvalue weighted by Crippen LogP contribution is 2.42. The number of carbonyl (C=O) groups is 2. The average molecular weight is 641 g/mol. The monoisotopic (exact) mass is 640 g/mol. The number of nitrogens with two attached hydrogens (primary N) is 1. The van der Waals surface area contributed by atoms with E-state index in [4.69, 9.17) is 5.73 Å². The summed E-state index contributed by atoms with van der Waals surface area (Å²) in [5, 5.41) is 9.22. The molecule has 248 valence electrons. The molecular weight excluding hydrogens is 596 g/mol. The molecule has 0 radical (unpaired) electrons. The minimum absolute atomic E-state index is 0.0441. The largest absolute Gasteiger partial charge is 0.415 e. The zero-order valence-corrected chi connectivity index (χ0v) is 26.6. The molecular formula is C36H44F4N4O2. The number of rotatable bonds is 13. The molecule has 1 unspecified atom stereocenters. The number of carbonyl (C=O) groups excluding carboxylic acids is 2. The molecule has 0 saturated heterocycles. The number of allylic oxidation sites excluding steroid dienone is 3. The quantitative estimate of drug-likeness (QED) is 0.0788. The summed E-state index contributed by atoms with van der Waals surface area (Å²) in [4.78, 5) is 23.6. The predicted octanol–water partition coefficient (Wildman–Crippen LogP) is 7.48.